The number of thiophene rings is 1. The van der Waals surface area contributed by atoms with Crippen LogP contribution in [0.2, 0.25) is 0 Å². The molecule has 0 aliphatic heterocycles. The molecule has 2 aromatic carbocycles. The molecule has 1 heterocycles. The lowest BCUT2D eigenvalue weighted by Gasteiger charge is -2.06. The van der Waals surface area contributed by atoms with Crippen LogP contribution in [0.1, 0.15) is 20.8 Å². The summed E-state index contributed by atoms with van der Waals surface area (Å²) in [6.07, 6.45) is 0. The SMILES string of the molecule is O=C(Nc1ccccc1)c1ccccc1C#Cc1cccs1. The average Bonchev–Trinajstić information content (AvgIpc) is 3.07. The smallest absolute Gasteiger partial charge is 0.256 e. The zero-order valence-electron chi connectivity index (χ0n) is 11.7. The van der Waals surface area contributed by atoms with Gasteiger partial charge in [0.2, 0.25) is 0 Å². The van der Waals surface area contributed by atoms with Crippen LogP contribution < -0.4 is 5.32 Å². The van der Waals surface area contributed by atoms with Gasteiger partial charge >= 0.3 is 0 Å². The van der Waals surface area contributed by atoms with E-state index in [1.54, 1.807) is 17.4 Å². The van der Waals surface area contributed by atoms with Crippen molar-refractivity contribution in [3.63, 3.8) is 0 Å². The van der Waals surface area contributed by atoms with Gasteiger partial charge in [-0.15, -0.1) is 11.3 Å². The lowest BCUT2D eigenvalue weighted by atomic mass is 10.1. The van der Waals surface area contributed by atoms with Crippen molar-refractivity contribution in [2.75, 3.05) is 5.32 Å². The molecule has 1 amide bonds. The first-order chi connectivity index (χ1) is 10.8. The average molecular weight is 303 g/mol. The fourth-order valence-electron chi connectivity index (χ4n) is 1.99. The lowest BCUT2D eigenvalue weighted by molar-refractivity contribution is 0.102. The van der Waals surface area contributed by atoms with Gasteiger partial charge in [-0.3, -0.25) is 4.79 Å². The highest BCUT2D eigenvalue weighted by molar-refractivity contribution is 7.10. The van der Waals surface area contributed by atoms with Crippen LogP contribution in [0.25, 0.3) is 0 Å². The molecule has 0 spiro atoms. The number of nitrogens with one attached hydrogen (secondary N) is 1. The molecule has 0 bridgehead atoms. The van der Waals surface area contributed by atoms with Crippen molar-refractivity contribution in [2.24, 2.45) is 0 Å². The van der Waals surface area contributed by atoms with Gasteiger partial charge in [0.1, 0.15) is 0 Å². The van der Waals surface area contributed by atoms with E-state index in [0.717, 1.165) is 16.1 Å². The van der Waals surface area contributed by atoms with E-state index in [1.165, 1.54) is 0 Å². The van der Waals surface area contributed by atoms with Crippen molar-refractivity contribution < 1.29 is 4.79 Å². The Morgan fingerprint density at radius 1 is 0.864 bits per heavy atom. The molecule has 106 valence electrons. The van der Waals surface area contributed by atoms with Crippen LogP contribution >= 0.6 is 11.3 Å². The molecule has 0 unspecified atom stereocenters. The molecule has 0 aliphatic rings. The largest absolute Gasteiger partial charge is 0.322 e. The molecule has 2 nitrogen and oxygen atoms in total. The summed E-state index contributed by atoms with van der Waals surface area (Å²) in [6.45, 7) is 0. The normalized spacial score (nSPS) is 9.64. The van der Waals surface area contributed by atoms with Crippen LogP contribution in [0.3, 0.4) is 0 Å². The minimum atomic E-state index is -0.151. The molecule has 22 heavy (non-hydrogen) atoms. The molecule has 0 radical (unpaired) electrons. The van der Waals surface area contributed by atoms with Gasteiger partial charge in [0.15, 0.2) is 0 Å². The summed E-state index contributed by atoms with van der Waals surface area (Å²) >= 11 is 1.58. The highest BCUT2D eigenvalue weighted by Crippen LogP contribution is 2.13. The summed E-state index contributed by atoms with van der Waals surface area (Å²) < 4.78 is 0. The highest BCUT2D eigenvalue weighted by Gasteiger charge is 2.09. The van der Waals surface area contributed by atoms with Crippen LogP contribution in [-0.4, -0.2) is 5.91 Å². The number of rotatable bonds is 2. The summed E-state index contributed by atoms with van der Waals surface area (Å²) in [4.78, 5) is 13.4. The lowest BCUT2D eigenvalue weighted by Crippen LogP contribution is -2.13. The van der Waals surface area contributed by atoms with Crippen molar-refractivity contribution in [1.29, 1.82) is 0 Å². The predicted octanol–water partition coefficient (Wildman–Crippen LogP) is 4.40. The van der Waals surface area contributed by atoms with Crippen LogP contribution in [0, 0.1) is 11.8 Å². The van der Waals surface area contributed by atoms with E-state index in [1.807, 2.05) is 66.0 Å². The molecule has 0 saturated carbocycles. The van der Waals surface area contributed by atoms with Crippen molar-refractivity contribution >= 4 is 22.9 Å². The van der Waals surface area contributed by atoms with Gasteiger partial charge < -0.3 is 5.32 Å². The molecular formula is C19H13NOS. The third-order valence-electron chi connectivity index (χ3n) is 3.04. The number of benzene rings is 2. The van der Waals surface area contributed by atoms with Gasteiger partial charge in [0, 0.05) is 11.3 Å². The van der Waals surface area contributed by atoms with Crippen LogP contribution in [0.15, 0.2) is 72.1 Å². The zero-order chi connectivity index (χ0) is 15.2. The van der Waals surface area contributed by atoms with E-state index in [-0.39, 0.29) is 5.91 Å². The van der Waals surface area contributed by atoms with E-state index in [9.17, 15) is 4.79 Å². The molecule has 3 rings (SSSR count). The van der Waals surface area contributed by atoms with Gasteiger partial charge in [-0.1, -0.05) is 48.2 Å². The third kappa shape index (κ3) is 3.43. The van der Waals surface area contributed by atoms with Gasteiger partial charge in [0.05, 0.1) is 10.4 Å². The Morgan fingerprint density at radius 3 is 2.41 bits per heavy atom. The maximum Gasteiger partial charge on any atom is 0.256 e. The Hall–Kier alpha value is -2.83. The highest BCUT2D eigenvalue weighted by atomic mass is 32.1. The topological polar surface area (TPSA) is 29.1 Å². The summed E-state index contributed by atoms with van der Waals surface area (Å²) in [5, 5.41) is 4.87. The van der Waals surface area contributed by atoms with Crippen molar-refractivity contribution in [3.05, 3.63) is 88.1 Å². The third-order valence-corrected chi connectivity index (χ3v) is 3.83. The van der Waals surface area contributed by atoms with Crippen molar-refractivity contribution in [2.45, 2.75) is 0 Å². The summed E-state index contributed by atoms with van der Waals surface area (Å²) in [6, 6.07) is 20.7. The zero-order valence-corrected chi connectivity index (χ0v) is 12.6. The Morgan fingerprint density at radius 2 is 1.64 bits per heavy atom. The first-order valence-corrected chi connectivity index (χ1v) is 7.72. The Bertz CT molecular complexity index is 827. The Kier molecular flexibility index (Phi) is 4.33. The number of amides is 1. The maximum absolute atomic E-state index is 12.4. The molecule has 3 heteroatoms. The number of carbonyl (C=O) groups excluding carboxylic acids is 1. The van der Waals surface area contributed by atoms with Gasteiger partial charge in [0.25, 0.3) is 5.91 Å². The number of carbonyl (C=O) groups is 1. The van der Waals surface area contributed by atoms with Crippen LogP contribution in [0.4, 0.5) is 5.69 Å². The first kappa shape index (κ1) is 14.1. The number of para-hydroxylation sites is 1. The van der Waals surface area contributed by atoms with Crippen LogP contribution in [-0.2, 0) is 0 Å². The number of hydrogen-bond donors (Lipinski definition) is 1. The predicted molar refractivity (Wildman–Crippen MR) is 91.1 cm³/mol. The Balaban J connectivity index is 1.86. The van der Waals surface area contributed by atoms with Gasteiger partial charge in [-0.2, -0.15) is 0 Å². The van der Waals surface area contributed by atoms with E-state index in [4.69, 9.17) is 0 Å². The van der Waals surface area contributed by atoms with E-state index < -0.39 is 0 Å². The van der Waals surface area contributed by atoms with Crippen molar-refractivity contribution in [1.82, 2.24) is 0 Å². The van der Waals surface area contributed by atoms with E-state index >= 15 is 0 Å². The molecule has 3 aromatic rings. The second-order valence-electron chi connectivity index (χ2n) is 4.59. The van der Waals surface area contributed by atoms with Crippen LogP contribution in [0.5, 0.6) is 0 Å². The molecule has 0 fully saturated rings. The molecule has 1 N–H and O–H groups in total. The standard InChI is InChI=1S/C19H13NOS/c21-19(20-16-8-2-1-3-9-16)18-11-5-4-7-15(18)12-13-17-10-6-14-22-17/h1-11,14H,(H,20,21). The monoisotopic (exact) mass is 303 g/mol. The second kappa shape index (κ2) is 6.75. The summed E-state index contributed by atoms with van der Waals surface area (Å²) in [7, 11) is 0. The minimum Gasteiger partial charge on any atom is -0.322 e. The van der Waals surface area contributed by atoms with Gasteiger partial charge in [-0.05, 0) is 35.7 Å². The number of hydrogen-bond acceptors (Lipinski definition) is 2. The maximum atomic E-state index is 12.4. The molecule has 0 atom stereocenters. The number of anilines is 1. The fraction of sp³-hybridized carbons (Fsp3) is 0. The fourth-order valence-corrected chi connectivity index (χ4v) is 2.56. The Labute approximate surface area is 133 Å². The van der Waals surface area contributed by atoms with E-state index in [0.29, 0.717) is 5.56 Å². The van der Waals surface area contributed by atoms with Gasteiger partial charge in [-0.25, -0.2) is 0 Å². The molecule has 0 aliphatic carbocycles. The molecule has 1 aromatic heterocycles. The molecule has 0 saturated heterocycles. The summed E-state index contributed by atoms with van der Waals surface area (Å²) in [5.41, 5.74) is 2.08. The first-order valence-electron chi connectivity index (χ1n) is 6.84. The van der Waals surface area contributed by atoms with Crippen molar-refractivity contribution in [3.8, 4) is 11.8 Å². The minimum absolute atomic E-state index is 0.151. The second-order valence-corrected chi connectivity index (χ2v) is 5.54. The van der Waals surface area contributed by atoms with E-state index in [2.05, 4.69) is 17.2 Å². The quantitative estimate of drug-likeness (QED) is 0.698. The summed E-state index contributed by atoms with van der Waals surface area (Å²) in [5.74, 6) is 6.02. The molecular weight excluding hydrogens is 290 g/mol.